The number of nitrogens with zero attached hydrogens (tertiary/aromatic N) is 3. The fourth-order valence-corrected chi connectivity index (χ4v) is 5.65. The Morgan fingerprint density at radius 1 is 1.14 bits per heavy atom. The number of fused-ring (bicyclic) bond motifs is 2. The van der Waals surface area contributed by atoms with E-state index in [0.717, 1.165) is 28.0 Å². The summed E-state index contributed by atoms with van der Waals surface area (Å²) in [5, 5.41) is 0.530. The van der Waals surface area contributed by atoms with Gasteiger partial charge in [-0.1, -0.05) is 36.8 Å². The number of ketones is 1. The van der Waals surface area contributed by atoms with Crippen molar-refractivity contribution in [1.29, 1.82) is 0 Å². The molecule has 3 heterocycles. The van der Waals surface area contributed by atoms with E-state index >= 15 is 0 Å². The van der Waals surface area contributed by atoms with Crippen LogP contribution in [-0.4, -0.2) is 34.4 Å². The van der Waals surface area contributed by atoms with E-state index in [2.05, 4.69) is 4.98 Å². The molecule has 0 N–H and O–H groups in total. The molecule has 0 saturated carbocycles. The van der Waals surface area contributed by atoms with E-state index in [1.165, 1.54) is 22.2 Å². The smallest absolute Gasteiger partial charge is 0.265 e. The van der Waals surface area contributed by atoms with Crippen molar-refractivity contribution in [3.8, 4) is 16.9 Å². The molecule has 1 aliphatic rings. The Balaban J connectivity index is 1.55. The SMILES string of the molecule is CCCN1C(=O)COc2ccc(C(=O)C(C)n3cnc4sc(C)c(-c5ccc(C)cc5)c4c3=O)cc21. The maximum absolute atomic E-state index is 13.7. The normalized spacial score (nSPS) is 14.0. The monoisotopic (exact) mass is 501 g/mol. The van der Waals surface area contributed by atoms with Crippen LogP contribution in [0.25, 0.3) is 21.3 Å². The van der Waals surface area contributed by atoms with Crippen molar-refractivity contribution in [1.82, 2.24) is 9.55 Å². The number of rotatable bonds is 6. The highest BCUT2D eigenvalue weighted by molar-refractivity contribution is 7.19. The Morgan fingerprint density at radius 2 is 1.89 bits per heavy atom. The molecule has 0 bridgehead atoms. The summed E-state index contributed by atoms with van der Waals surface area (Å²) >= 11 is 1.48. The summed E-state index contributed by atoms with van der Waals surface area (Å²) in [6.07, 6.45) is 2.24. The molecule has 184 valence electrons. The summed E-state index contributed by atoms with van der Waals surface area (Å²) < 4.78 is 6.96. The molecule has 2 aromatic carbocycles. The second-order valence-electron chi connectivity index (χ2n) is 9.09. The van der Waals surface area contributed by atoms with Crippen molar-refractivity contribution in [3.05, 3.63) is 75.1 Å². The minimum absolute atomic E-state index is 0.0128. The van der Waals surface area contributed by atoms with Gasteiger partial charge >= 0.3 is 0 Å². The minimum atomic E-state index is -0.779. The highest BCUT2D eigenvalue weighted by Gasteiger charge is 2.28. The molecule has 2 aromatic heterocycles. The van der Waals surface area contributed by atoms with E-state index in [1.54, 1.807) is 30.0 Å². The molecule has 5 rings (SSSR count). The molecule has 4 aromatic rings. The Bertz CT molecular complexity index is 1550. The first-order valence-corrected chi connectivity index (χ1v) is 12.8. The zero-order valence-electron chi connectivity index (χ0n) is 20.7. The van der Waals surface area contributed by atoms with Crippen LogP contribution in [0.4, 0.5) is 5.69 Å². The van der Waals surface area contributed by atoms with Crippen LogP contribution in [0, 0.1) is 13.8 Å². The maximum Gasteiger partial charge on any atom is 0.265 e. The van der Waals surface area contributed by atoms with Gasteiger partial charge in [0, 0.05) is 22.5 Å². The summed E-state index contributed by atoms with van der Waals surface area (Å²) in [6, 6.07) is 12.4. The molecule has 0 aliphatic carbocycles. The Morgan fingerprint density at radius 3 is 2.61 bits per heavy atom. The predicted molar refractivity (Wildman–Crippen MR) is 142 cm³/mol. The molecule has 0 spiro atoms. The predicted octanol–water partition coefficient (Wildman–Crippen LogP) is 5.32. The second-order valence-corrected chi connectivity index (χ2v) is 10.3. The lowest BCUT2D eigenvalue weighted by Gasteiger charge is -2.29. The van der Waals surface area contributed by atoms with Crippen LogP contribution in [0.1, 0.15) is 47.1 Å². The van der Waals surface area contributed by atoms with Gasteiger partial charge in [-0.2, -0.15) is 0 Å². The maximum atomic E-state index is 13.7. The number of aryl methyl sites for hydroxylation is 2. The molecule has 0 radical (unpaired) electrons. The van der Waals surface area contributed by atoms with Crippen LogP contribution in [0.15, 0.2) is 53.6 Å². The van der Waals surface area contributed by atoms with Crippen LogP contribution in [-0.2, 0) is 4.79 Å². The first kappa shape index (κ1) is 23.9. The quantitative estimate of drug-likeness (QED) is 0.334. The molecular weight excluding hydrogens is 474 g/mol. The van der Waals surface area contributed by atoms with Crippen molar-refractivity contribution in [2.24, 2.45) is 0 Å². The summed E-state index contributed by atoms with van der Waals surface area (Å²) in [7, 11) is 0. The highest BCUT2D eigenvalue weighted by Crippen LogP contribution is 2.36. The van der Waals surface area contributed by atoms with Gasteiger partial charge in [0.25, 0.3) is 11.5 Å². The molecule has 36 heavy (non-hydrogen) atoms. The van der Waals surface area contributed by atoms with Gasteiger partial charge in [0.05, 0.1) is 23.4 Å². The zero-order chi connectivity index (χ0) is 25.6. The van der Waals surface area contributed by atoms with Crippen LogP contribution in [0.3, 0.4) is 0 Å². The Hall–Kier alpha value is -3.78. The Kier molecular flexibility index (Phi) is 6.22. The molecule has 0 saturated heterocycles. The number of hydrogen-bond donors (Lipinski definition) is 0. The van der Waals surface area contributed by atoms with Gasteiger partial charge in [-0.3, -0.25) is 19.0 Å². The van der Waals surface area contributed by atoms with Crippen LogP contribution in [0.5, 0.6) is 5.75 Å². The number of Topliss-reactive ketones (excluding diaryl/α,β-unsaturated/α-hetero) is 1. The lowest BCUT2D eigenvalue weighted by Crippen LogP contribution is -2.39. The van der Waals surface area contributed by atoms with E-state index in [1.807, 2.05) is 45.0 Å². The minimum Gasteiger partial charge on any atom is -0.482 e. The largest absolute Gasteiger partial charge is 0.482 e. The van der Waals surface area contributed by atoms with Crippen LogP contribution < -0.4 is 15.2 Å². The highest BCUT2D eigenvalue weighted by atomic mass is 32.1. The first-order chi connectivity index (χ1) is 17.3. The number of ether oxygens (including phenoxy) is 1. The van der Waals surface area contributed by atoms with Crippen molar-refractivity contribution < 1.29 is 14.3 Å². The molecule has 1 amide bonds. The molecule has 1 unspecified atom stereocenters. The molecule has 0 fully saturated rings. The molecule has 7 nitrogen and oxygen atoms in total. The lowest BCUT2D eigenvalue weighted by atomic mass is 10.0. The number of thiophene rings is 1. The standard InChI is InChI=1S/C28H27N3O4S/c1-5-12-30-21-13-20(10-11-22(21)35-14-23(30)32)26(33)17(3)31-15-29-27-25(28(31)34)24(18(4)36-27)19-8-6-16(2)7-9-19/h6-11,13,15,17H,5,12,14H2,1-4H3. The van der Waals surface area contributed by atoms with Gasteiger partial charge in [0.1, 0.15) is 10.6 Å². The topological polar surface area (TPSA) is 81.5 Å². The molecule has 1 atom stereocenters. The van der Waals surface area contributed by atoms with Gasteiger partial charge < -0.3 is 9.64 Å². The number of aromatic nitrogens is 2. The third kappa shape index (κ3) is 4.01. The van der Waals surface area contributed by atoms with E-state index in [9.17, 15) is 14.4 Å². The van der Waals surface area contributed by atoms with E-state index in [0.29, 0.717) is 33.8 Å². The number of carbonyl (C=O) groups excluding carboxylic acids is 2. The van der Waals surface area contributed by atoms with Gasteiger partial charge in [-0.15, -0.1) is 11.3 Å². The van der Waals surface area contributed by atoms with E-state index in [4.69, 9.17) is 4.74 Å². The summed E-state index contributed by atoms with van der Waals surface area (Å²) in [5.74, 6) is 0.202. The Labute approximate surface area is 213 Å². The fourth-order valence-electron chi connectivity index (χ4n) is 4.65. The van der Waals surface area contributed by atoms with Gasteiger partial charge in [-0.05, 0) is 51.0 Å². The van der Waals surface area contributed by atoms with E-state index < -0.39 is 6.04 Å². The average Bonchev–Trinajstić information content (AvgIpc) is 3.22. The van der Waals surface area contributed by atoms with Crippen molar-refractivity contribution >= 4 is 38.9 Å². The number of amides is 1. The first-order valence-electron chi connectivity index (χ1n) is 12.0. The summed E-state index contributed by atoms with van der Waals surface area (Å²) in [6.45, 7) is 8.23. The van der Waals surface area contributed by atoms with Gasteiger partial charge in [0.15, 0.2) is 12.4 Å². The number of hydrogen-bond acceptors (Lipinski definition) is 6. The summed E-state index contributed by atoms with van der Waals surface area (Å²) in [5.41, 5.74) is 3.71. The third-order valence-corrected chi connectivity index (χ3v) is 7.60. The van der Waals surface area contributed by atoms with Crippen LogP contribution in [0.2, 0.25) is 0 Å². The summed E-state index contributed by atoms with van der Waals surface area (Å²) in [4.78, 5) is 47.5. The number of carbonyl (C=O) groups is 2. The third-order valence-electron chi connectivity index (χ3n) is 6.58. The second kappa shape index (κ2) is 9.35. The van der Waals surface area contributed by atoms with Crippen LogP contribution >= 0.6 is 11.3 Å². The van der Waals surface area contributed by atoms with Gasteiger partial charge in [0.2, 0.25) is 0 Å². The van der Waals surface area contributed by atoms with Crippen molar-refractivity contribution in [2.45, 2.75) is 40.2 Å². The fraction of sp³-hybridized carbons (Fsp3) is 0.286. The lowest BCUT2D eigenvalue weighted by molar-refractivity contribution is -0.121. The number of anilines is 1. The molecular formula is C28H27N3O4S. The zero-order valence-corrected chi connectivity index (χ0v) is 21.5. The van der Waals surface area contributed by atoms with E-state index in [-0.39, 0.29) is 23.9 Å². The van der Waals surface area contributed by atoms with Gasteiger partial charge in [-0.25, -0.2) is 4.98 Å². The number of benzene rings is 2. The average molecular weight is 502 g/mol. The molecule has 1 aliphatic heterocycles. The molecule has 8 heteroatoms. The van der Waals surface area contributed by atoms with Crippen molar-refractivity contribution in [3.63, 3.8) is 0 Å². The van der Waals surface area contributed by atoms with Crippen molar-refractivity contribution in [2.75, 3.05) is 18.1 Å².